The molecule has 1 amide bonds. The third kappa shape index (κ3) is 4.53. The van der Waals surface area contributed by atoms with Crippen molar-refractivity contribution in [3.8, 4) is 0 Å². The van der Waals surface area contributed by atoms with Gasteiger partial charge in [0.25, 0.3) is 5.91 Å². The molecular weight excluding hydrogens is 332 g/mol. The lowest BCUT2D eigenvalue weighted by Gasteiger charge is -2.08. The van der Waals surface area contributed by atoms with Crippen LogP contribution in [0, 0.1) is 6.92 Å². The molecule has 0 spiro atoms. The highest BCUT2D eigenvalue weighted by molar-refractivity contribution is 9.10. The molecule has 5 nitrogen and oxygen atoms in total. The molecule has 0 saturated carbocycles. The van der Waals surface area contributed by atoms with Crippen LogP contribution in [-0.2, 0) is 0 Å². The number of carbonyl (C=O) groups excluding carboxylic acids is 1. The van der Waals surface area contributed by atoms with E-state index in [1.54, 1.807) is 6.07 Å². The number of hydrogen-bond donors (Lipinski definition) is 2. The molecule has 0 aliphatic rings. The molecule has 0 aliphatic heterocycles. The number of carbonyl (C=O) groups is 1. The average molecular weight is 349 g/mol. The Morgan fingerprint density at radius 2 is 1.95 bits per heavy atom. The molecular formula is C15H17BrN4O. The Bertz CT molecular complexity index is 628. The molecule has 2 rings (SSSR count). The fourth-order valence-corrected chi connectivity index (χ4v) is 1.99. The highest BCUT2D eigenvalue weighted by Gasteiger charge is 2.10. The summed E-state index contributed by atoms with van der Waals surface area (Å²) in [6.45, 7) is 4.68. The van der Waals surface area contributed by atoms with Gasteiger partial charge in [-0.1, -0.05) is 22.9 Å². The second-order valence-corrected chi connectivity index (χ2v) is 5.52. The molecule has 1 aromatic carbocycles. The lowest BCUT2D eigenvalue weighted by atomic mass is 10.3. The Kier molecular flexibility index (Phi) is 5.27. The number of rotatable bonds is 5. The van der Waals surface area contributed by atoms with Crippen molar-refractivity contribution in [2.24, 2.45) is 0 Å². The Morgan fingerprint density at radius 1 is 1.24 bits per heavy atom. The van der Waals surface area contributed by atoms with Crippen LogP contribution >= 0.6 is 15.9 Å². The van der Waals surface area contributed by atoms with Crippen LogP contribution in [0.4, 0.5) is 11.6 Å². The van der Waals surface area contributed by atoms with E-state index < -0.39 is 0 Å². The monoisotopic (exact) mass is 348 g/mol. The summed E-state index contributed by atoms with van der Waals surface area (Å²) in [5, 5.41) is 5.91. The van der Waals surface area contributed by atoms with Crippen LogP contribution < -0.4 is 10.6 Å². The van der Waals surface area contributed by atoms with E-state index in [1.807, 2.05) is 31.2 Å². The maximum Gasteiger partial charge on any atom is 0.274 e. The molecule has 0 aliphatic carbocycles. The first-order chi connectivity index (χ1) is 10.1. The molecule has 1 aromatic heterocycles. The number of anilines is 2. The summed E-state index contributed by atoms with van der Waals surface area (Å²) in [6, 6.07) is 9.06. The van der Waals surface area contributed by atoms with E-state index in [4.69, 9.17) is 0 Å². The maximum atomic E-state index is 12.2. The number of nitrogens with zero attached hydrogens (tertiary/aromatic N) is 2. The standard InChI is InChI=1S/C15H17BrN4O/c1-3-8-17-15-18-10(2)9-13(20-15)14(21)19-12-6-4-11(16)5-7-12/h4-7,9H,3,8H2,1-2H3,(H,19,21)(H,17,18,20). The molecule has 2 aromatic rings. The van der Waals surface area contributed by atoms with Gasteiger partial charge in [-0.2, -0.15) is 0 Å². The molecule has 0 bridgehead atoms. The zero-order chi connectivity index (χ0) is 15.2. The maximum absolute atomic E-state index is 12.2. The third-order valence-corrected chi connectivity index (χ3v) is 3.25. The van der Waals surface area contributed by atoms with Gasteiger partial charge in [0.1, 0.15) is 5.69 Å². The average Bonchev–Trinajstić information content (AvgIpc) is 2.47. The van der Waals surface area contributed by atoms with Crippen LogP contribution in [0.2, 0.25) is 0 Å². The topological polar surface area (TPSA) is 66.9 Å². The predicted molar refractivity (Wildman–Crippen MR) is 87.6 cm³/mol. The summed E-state index contributed by atoms with van der Waals surface area (Å²) in [6.07, 6.45) is 0.970. The molecule has 0 radical (unpaired) electrons. The Balaban J connectivity index is 2.14. The summed E-state index contributed by atoms with van der Waals surface area (Å²) < 4.78 is 0.962. The predicted octanol–water partition coefficient (Wildman–Crippen LogP) is 3.62. The van der Waals surface area contributed by atoms with Crippen molar-refractivity contribution >= 4 is 33.5 Å². The van der Waals surface area contributed by atoms with E-state index in [2.05, 4.69) is 43.5 Å². The number of amides is 1. The Hall–Kier alpha value is -1.95. The van der Waals surface area contributed by atoms with Gasteiger partial charge in [-0.25, -0.2) is 9.97 Å². The number of aryl methyl sites for hydroxylation is 1. The van der Waals surface area contributed by atoms with Crippen molar-refractivity contribution in [2.75, 3.05) is 17.2 Å². The minimum Gasteiger partial charge on any atom is -0.354 e. The van der Waals surface area contributed by atoms with E-state index in [0.29, 0.717) is 11.6 Å². The zero-order valence-electron chi connectivity index (χ0n) is 12.0. The first-order valence-electron chi connectivity index (χ1n) is 6.75. The van der Waals surface area contributed by atoms with Gasteiger partial charge in [0, 0.05) is 22.4 Å². The first-order valence-corrected chi connectivity index (χ1v) is 7.54. The molecule has 2 N–H and O–H groups in total. The van der Waals surface area contributed by atoms with Crippen LogP contribution in [0.15, 0.2) is 34.8 Å². The molecule has 0 atom stereocenters. The summed E-state index contributed by atoms with van der Waals surface area (Å²) in [5.41, 5.74) is 1.83. The van der Waals surface area contributed by atoms with Gasteiger partial charge in [0.05, 0.1) is 0 Å². The van der Waals surface area contributed by atoms with E-state index >= 15 is 0 Å². The highest BCUT2D eigenvalue weighted by Crippen LogP contribution is 2.15. The fourth-order valence-electron chi connectivity index (χ4n) is 1.73. The van der Waals surface area contributed by atoms with Gasteiger partial charge in [0.15, 0.2) is 0 Å². The molecule has 21 heavy (non-hydrogen) atoms. The largest absolute Gasteiger partial charge is 0.354 e. The zero-order valence-corrected chi connectivity index (χ0v) is 13.6. The van der Waals surface area contributed by atoms with Crippen LogP contribution in [-0.4, -0.2) is 22.4 Å². The van der Waals surface area contributed by atoms with Gasteiger partial charge >= 0.3 is 0 Å². The SMILES string of the molecule is CCCNc1nc(C)cc(C(=O)Nc2ccc(Br)cc2)n1. The van der Waals surface area contributed by atoms with E-state index in [9.17, 15) is 4.79 Å². The van der Waals surface area contributed by atoms with E-state index in [1.165, 1.54) is 0 Å². The van der Waals surface area contributed by atoms with Gasteiger partial charge in [-0.3, -0.25) is 4.79 Å². The summed E-state index contributed by atoms with van der Waals surface area (Å²) >= 11 is 3.36. The summed E-state index contributed by atoms with van der Waals surface area (Å²) in [5.74, 6) is 0.236. The number of aromatic nitrogens is 2. The smallest absolute Gasteiger partial charge is 0.274 e. The summed E-state index contributed by atoms with van der Waals surface area (Å²) in [4.78, 5) is 20.7. The number of benzene rings is 1. The Morgan fingerprint density at radius 3 is 2.62 bits per heavy atom. The number of hydrogen-bond acceptors (Lipinski definition) is 4. The minimum atomic E-state index is -0.248. The van der Waals surface area contributed by atoms with Crippen molar-refractivity contribution in [3.63, 3.8) is 0 Å². The van der Waals surface area contributed by atoms with Crippen LogP contribution in [0.5, 0.6) is 0 Å². The minimum absolute atomic E-state index is 0.248. The van der Waals surface area contributed by atoms with Gasteiger partial charge in [-0.05, 0) is 43.7 Å². The normalized spacial score (nSPS) is 10.2. The van der Waals surface area contributed by atoms with Gasteiger partial charge < -0.3 is 10.6 Å². The highest BCUT2D eigenvalue weighted by atomic mass is 79.9. The van der Waals surface area contributed by atoms with Crippen molar-refractivity contribution in [1.82, 2.24) is 9.97 Å². The van der Waals surface area contributed by atoms with E-state index in [-0.39, 0.29) is 5.91 Å². The van der Waals surface area contributed by atoms with Gasteiger partial charge in [-0.15, -0.1) is 0 Å². The Labute approximate surface area is 132 Å². The third-order valence-electron chi connectivity index (χ3n) is 2.72. The van der Waals surface area contributed by atoms with Crippen LogP contribution in [0.25, 0.3) is 0 Å². The van der Waals surface area contributed by atoms with Crippen LogP contribution in [0.3, 0.4) is 0 Å². The quantitative estimate of drug-likeness (QED) is 0.865. The fraction of sp³-hybridized carbons (Fsp3) is 0.267. The second kappa shape index (κ2) is 7.17. The van der Waals surface area contributed by atoms with Crippen molar-refractivity contribution < 1.29 is 4.79 Å². The number of nitrogens with one attached hydrogen (secondary N) is 2. The molecule has 0 fully saturated rings. The van der Waals surface area contributed by atoms with Crippen LogP contribution in [0.1, 0.15) is 29.5 Å². The molecule has 0 saturated heterocycles. The lowest BCUT2D eigenvalue weighted by molar-refractivity contribution is 0.102. The first kappa shape index (κ1) is 15.4. The van der Waals surface area contributed by atoms with Gasteiger partial charge in [0.2, 0.25) is 5.95 Å². The van der Waals surface area contributed by atoms with Crippen molar-refractivity contribution in [2.45, 2.75) is 20.3 Å². The van der Waals surface area contributed by atoms with E-state index in [0.717, 1.165) is 28.8 Å². The van der Waals surface area contributed by atoms with Crippen molar-refractivity contribution in [3.05, 3.63) is 46.2 Å². The second-order valence-electron chi connectivity index (χ2n) is 4.61. The summed E-state index contributed by atoms with van der Waals surface area (Å²) in [7, 11) is 0. The lowest BCUT2D eigenvalue weighted by Crippen LogP contribution is -2.16. The molecule has 6 heteroatoms. The molecule has 1 heterocycles. The molecule has 110 valence electrons. The van der Waals surface area contributed by atoms with Crippen molar-refractivity contribution in [1.29, 1.82) is 0 Å². The molecule has 0 unspecified atom stereocenters. The number of halogens is 1.